The van der Waals surface area contributed by atoms with Crippen molar-refractivity contribution in [3.63, 3.8) is 0 Å². The van der Waals surface area contributed by atoms with Gasteiger partial charge < -0.3 is 14.8 Å². The monoisotopic (exact) mass is 251 g/mol. The SMILES string of the molecule is CCCOc1ccc(OC(CNC)C(C)C)cc1. The Morgan fingerprint density at radius 1 is 1.11 bits per heavy atom. The molecule has 0 radical (unpaired) electrons. The molecule has 102 valence electrons. The van der Waals surface area contributed by atoms with Crippen molar-refractivity contribution in [3.05, 3.63) is 24.3 Å². The lowest BCUT2D eigenvalue weighted by molar-refractivity contribution is 0.151. The molecule has 0 aromatic heterocycles. The van der Waals surface area contributed by atoms with E-state index in [2.05, 4.69) is 26.1 Å². The predicted molar refractivity (Wildman–Crippen MR) is 75.4 cm³/mol. The standard InChI is InChI=1S/C15H25NO2/c1-5-10-17-13-6-8-14(9-7-13)18-15(11-16-4)12(2)3/h6-9,12,15-16H,5,10-11H2,1-4H3. The van der Waals surface area contributed by atoms with Gasteiger partial charge in [0.25, 0.3) is 0 Å². The van der Waals surface area contributed by atoms with Crippen molar-refractivity contribution in [3.8, 4) is 11.5 Å². The van der Waals surface area contributed by atoms with Crippen molar-refractivity contribution in [1.82, 2.24) is 5.32 Å². The summed E-state index contributed by atoms with van der Waals surface area (Å²) in [6, 6.07) is 7.86. The van der Waals surface area contributed by atoms with Crippen LogP contribution in [0.3, 0.4) is 0 Å². The summed E-state index contributed by atoms with van der Waals surface area (Å²) in [5.74, 6) is 2.28. The van der Waals surface area contributed by atoms with E-state index in [4.69, 9.17) is 9.47 Å². The molecule has 0 bridgehead atoms. The summed E-state index contributed by atoms with van der Waals surface area (Å²) in [6.07, 6.45) is 1.22. The molecule has 0 saturated heterocycles. The number of ether oxygens (including phenoxy) is 2. The third-order valence-corrected chi connectivity index (χ3v) is 2.73. The molecule has 0 aliphatic carbocycles. The number of rotatable bonds is 8. The average Bonchev–Trinajstić information content (AvgIpc) is 2.37. The van der Waals surface area contributed by atoms with Gasteiger partial charge in [-0.05, 0) is 43.7 Å². The summed E-state index contributed by atoms with van der Waals surface area (Å²) in [5.41, 5.74) is 0. The van der Waals surface area contributed by atoms with Gasteiger partial charge in [-0.1, -0.05) is 20.8 Å². The van der Waals surface area contributed by atoms with Crippen LogP contribution in [-0.2, 0) is 0 Å². The van der Waals surface area contributed by atoms with Gasteiger partial charge in [-0.3, -0.25) is 0 Å². The van der Waals surface area contributed by atoms with Crippen LogP contribution >= 0.6 is 0 Å². The normalized spacial score (nSPS) is 12.5. The predicted octanol–water partition coefficient (Wildman–Crippen LogP) is 3.10. The van der Waals surface area contributed by atoms with E-state index in [1.807, 2.05) is 31.3 Å². The Morgan fingerprint density at radius 3 is 2.22 bits per heavy atom. The van der Waals surface area contributed by atoms with Crippen molar-refractivity contribution < 1.29 is 9.47 Å². The van der Waals surface area contributed by atoms with E-state index < -0.39 is 0 Å². The summed E-state index contributed by atoms with van der Waals surface area (Å²) >= 11 is 0. The van der Waals surface area contributed by atoms with Gasteiger partial charge >= 0.3 is 0 Å². The van der Waals surface area contributed by atoms with E-state index in [1.54, 1.807) is 0 Å². The molecule has 18 heavy (non-hydrogen) atoms. The molecule has 0 saturated carbocycles. The van der Waals surface area contributed by atoms with Crippen LogP contribution in [0.2, 0.25) is 0 Å². The molecule has 0 aliphatic rings. The zero-order valence-corrected chi connectivity index (χ0v) is 11.9. The highest BCUT2D eigenvalue weighted by atomic mass is 16.5. The van der Waals surface area contributed by atoms with Crippen LogP contribution in [0.1, 0.15) is 27.2 Å². The third kappa shape index (κ3) is 4.96. The zero-order valence-electron chi connectivity index (χ0n) is 11.9. The van der Waals surface area contributed by atoms with Crippen molar-refractivity contribution in [2.24, 2.45) is 5.92 Å². The molecular formula is C15H25NO2. The summed E-state index contributed by atoms with van der Waals surface area (Å²) < 4.78 is 11.5. The maximum atomic E-state index is 5.96. The second-order valence-electron chi connectivity index (χ2n) is 4.78. The molecule has 1 aromatic carbocycles. The first-order valence-electron chi connectivity index (χ1n) is 6.71. The fourth-order valence-corrected chi connectivity index (χ4v) is 1.62. The van der Waals surface area contributed by atoms with Gasteiger partial charge in [0.1, 0.15) is 17.6 Å². The molecule has 0 fully saturated rings. The van der Waals surface area contributed by atoms with Gasteiger partial charge in [0.05, 0.1) is 6.61 Å². The molecule has 3 heteroatoms. The lowest BCUT2D eigenvalue weighted by Crippen LogP contribution is -2.33. The number of hydrogen-bond donors (Lipinski definition) is 1. The molecule has 1 atom stereocenters. The highest BCUT2D eigenvalue weighted by Gasteiger charge is 2.13. The lowest BCUT2D eigenvalue weighted by Gasteiger charge is -2.22. The molecule has 1 aromatic rings. The quantitative estimate of drug-likeness (QED) is 0.770. The highest BCUT2D eigenvalue weighted by Crippen LogP contribution is 2.20. The molecule has 1 N–H and O–H groups in total. The first kappa shape index (κ1) is 14.8. The Morgan fingerprint density at radius 2 is 1.72 bits per heavy atom. The fraction of sp³-hybridized carbons (Fsp3) is 0.600. The Hall–Kier alpha value is -1.22. The number of benzene rings is 1. The van der Waals surface area contributed by atoms with Gasteiger partial charge in [-0.25, -0.2) is 0 Å². The molecule has 0 spiro atoms. The van der Waals surface area contributed by atoms with Crippen molar-refractivity contribution in [2.45, 2.75) is 33.3 Å². The van der Waals surface area contributed by atoms with Gasteiger partial charge in [-0.15, -0.1) is 0 Å². The Labute approximate surface area is 110 Å². The smallest absolute Gasteiger partial charge is 0.120 e. The van der Waals surface area contributed by atoms with Crippen molar-refractivity contribution >= 4 is 0 Å². The summed E-state index contributed by atoms with van der Waals surface area (Å²) in [5, 5.41) is 3.16. The maximum absolute atomic E-state index is 5.96. The summed E-state index contributed by atoms with van der Waals surface area (Å²) in [4.78, 5) is 0. The van der Waals surface area contributed by atoms with E-state index >= 15 is 0 Å². The van der Waals surface area contributed by atoms with Crippen molar-refractivity contribution in [2.75, 3.05) is 20.2 Å². The van der Waals surface area contributed by atoms with Crippen LogP contribution in [-0.4, -0.2) is 26.3 Å². The van der Waals surface area contributed by atoms with Gasteiger partial charge in [0.2, 0.25) is 0 Å². The first-order chi connectivity index (χ1) is 8.67. The largest absolute Gasteiger partial charge is 0.494 e. The van der Waals surface area contributed by atoms with Crippen LogP contribution in [0, 0.1) is 5.92 Å². The van der Waals surface area contributed by atoms with Crippen molar-refractivity contribution in [1.29, 1.82) is 0 Å². The Bertz CT molecular complexity index is 322. The number of nitrogens with one attached hydrogen (secondary N) is 1. The van der Waals surface area contributed by atoms with Gasteiger partial charge in [0, 0.05) is 6.54 Å². The number of hydrogen-bond acceptors (Lipinski definition) is 3. The number of likely N-dealkylation sites (N-methyl/N-ethyl adjacent to an activating group) is 1. The summed E-state index contributed by atoms with van der Waals surface area (Å²) in [6.45, 7) is 8.05. The van der Waals surface area contributed by atoms with E-state index in [0.29, 0.717) is 5.92 Å². The van der Waals surface area contributed by atoms with Crippen LogP contribution < -0.4 is 14.8 Å². The van der Waals surface area contributed by atoms with Crippen LogP contribution in [0.4, 0.5) is 0 Å². The lowest BCUT2D eigenvalue weighted by atomic mass is 10.1. The maximum Gasteiger partial charge on any atom is 0.120 e. The van der Waals surface area contributed by atoms with Crippen LogP contribution in [0.5, 0.6) is 11.5 Å². The Balaban J connectivity index is 2.55. The van der Waals surface area contributed by atoms with E-state index in [1.165, 1.54) is 0 Å². The Kier molecular flexibility index (Phi) is 6.58. The molecule has 0 aliphatic heterocycles. The molecule has 3 nitrogen and oxygen atoms in total. The molecule has 1 unspecified atom stereocenters. The molecule has 0 amide bonds. The second kappa shape index (κ2) is 7.98. The molecular weight excluding hydrogens is 226 g/mol. The van der Waals surface area contributed by atoms with Crippen LogP contribution in [0.15, 0.2) is 24.3 Å². The topological polar surface area (TPSA) is 30.5 Å². The second-order valence-corrected chi connectivity index (χ2v) is 4.78. The minimum absolute atomic E-state index is 0.192. The van der Waals surface area contributed by atoms with Gasteiger partial charge in [-0.2, -0.15) is 0 Å². The highest BCUT2D eigenvalue weighted by molar-refractivity contribution is 5.31. The minimum atomic E-state index is 0.192. The van der Waals surface area contributed by atoms with E-state index in [0.717, 1.165) is 31.1 Å². The van der Waals surface area contributed by atoms with Gasteiger partial charge in [0.15, 0.2) is 0 Å². The van der Waals surface area contributed by atoms with E-state index in [-0.39, 0.29) is 6.10 Å². The minimum Gasteiger partial charge on any atom is -0.494 e. The summed E-state index contributed by atoms with van der Waals surface area (Å²) in [7, 11) is 1.94. The molecule has 0 heterocycles. The third-order valence-electron chi connectivity index (χ3n) is 2.73. The first-order valence-corrected chi connectivity index (χ1v) is 6.71. The zero-order chi connectivity index (χ0) is 13.4. The van der Waals surface area contributed by atoms with E-state index in [9.17, 15) is 0 Å². The average molecular weight is 251 g/mol. The molecule has 1 rings (SSSR count). The fourth-order valence-electron chi connectivity index (χ4n) is 1.62. The van der Waals surface area contributed by atoms with Crippen LogP contribution in [0.25, 0.3) is 0 Å².